The van der Waals surface area contributed by atoms with Crippen molar-refractivity contribution < 1.29 is 14.3 Å². The van der Waals surface area contributed by atoms with E-state index in [0.717, 1.165) is 34.6 Å². The average molecular weight is 375 g/mol. The maximum Gasteiger partial charge on any atom is 0.253 e. The molecule has 0 fully saturated rings. The summed E-state index contributed by atoms with van der Waals surface area (Å²) in [7, 11) is 1.53. The molecule has 0 radical (unpaired) electrons. The Morgan fingerprint density at radius 1 is 1.25 bits per heavy atom. The first-order valence-electron chi connectivity index (χ1n) is 9.16. The fourth-order valence-electron chi connectivity index (χ4n) is 3.37. The molecule has 1 aromatic heterocycles. The van der Waals surface area contributed by atoms with Crippen LogP contribution in [0.15, 0.2) is 67.1 Å². The van der Waals surface area contributed by atoms with Gasteiger partial charge in [0, 0.05) is 31.5 Å². The highest BCUT2D eigenvalue weighted by atomic mass is 16.5. The number of amides is 1. The molecule has 3 aromatic rings. The highest BCUT2D eigenvalue weighted by Crippen LogP contribution is 2.32. The zero-order valence-electron chi connectivity index (χ0n) is 15.5. The summed E-state index contributed by atoms with van der Waals surface area (Å²) in [6.07, 6.45) is 5.06. The normalized spacial score (nSPS) is 16.1. The third-order valence-electron chi connectivity index (χ3n) is 4.74. The van der Waals surface area contributed by atoms with Crippen molar-refractivity contribution in [1.29, 1.82) is 0 Å². The van der Waals surface area contributed by atoms with Gasteiger partial charge >= 0.3 is 0 Å². The second kappa shape index (κ2) is 8.19. The second-order valence-electron chi connectivity index (χ2n) is 6.63. The summed E-state index contributed by atoms with van der Waals surface area (Å²) >= 11 is 0. The first-order valence-corrected chi connectivity index (χ1v) is 9.16. The fraction of sp³-hybridized carbons (Fsp3) is 0.227. The van der Waals surface area contributed by atoms with E-state index >= 15 is 0 Å². The molecule has 2 atom stereocenters. The number of nitrogens with one attached hydrogen (secondary N) is 1. The van der Waals surface area contributed by atoms with Crippen LogP contribution in [0.2, 0.25) is 0 Å². The van der Waals surface area contributed by atoms with Crippen molar-refractivity contribution >= 4 is 5.91 Å². The summed E-state index contributed by atoms with van der Waals surface area (Å²) < 4.78 is 11.3. The van der Waals surface area contributed by atoms with Crippen molar-refractivity contribution in [2.75, 3.05) is 13.7 Å². The minimum atomic E-state index is -0.631. The molecule has 2 aromatic carbocycles. The zero-order valence-corrected chi connectivity index (χ0v) is 15.5. The van der Waals surface area contributed by atoms with Gasteiger partial charge in [-0.15, -0.1) is 0 Å². The summed E-state index contributed by atoms with van der Waals surface area (Å²) in [6.45, 7) is 0.417. The van der Waals surface area contributed by atoms with E-state index in [2.05, 4.69) is 21.4 Å². The molecule has 2 heterocycles. The maximum atomic E-state index is 12.5. The zero-order chi connectivity index (χ0) is 19.3. The number of hydrogen-bond acceptors (Lipinski definition) is 5. The van der Waals surface area contributed by atoms with Gasteiger partial charge in [0.1, 0.15) is 11.9 Å². The largest absolute Gasteiger partial charge is 0.488 e. The Bertz CT molecular complexity index is 948. The van der Waals surface area contributed by atoms with E-state index < -0.39 is 6.10 Å². The van der Waals surface area contributed by atoms with Crippen molar-refractivity contribution in [2.24, 2.45) is 0 Å². The summed E-state index contributed by atoms with van der Waals surface area (Å²) in [5.41, 5.74) is 3.76. The van der Waals surface area contributed by atoms with Crippen LogP contribution >= 0.6 is 0 Å². The molecular weight excluding hydrogens is 354 g/mol. The number of fused-ring (bicyclic) bond motifs is 1. The van der Waals surface area contributed by atoms with E-state index in [0.29, 0.717) is 6.54 Å². The molecule has 6 nitrogen and oxygen atoms in total. The van der Waals surface area contributed by atoms with Gasteiger partial charge in [-0.25, -0.2) is 0 Å². The highest BCUT2D eigenvalue weighted by Gasteiger charge is 2.26. The van der Waals surface area contributed by atoms with Crippen LogP contribution in [0, 0.1) is 0 Å². The molecule has 1 N–H and O–H groups in total. The predicted molar refractivity (Wildman–Crippen MR) is 105 cm³/mol. The molecule has 6 heteroatoms. The molecule has 0 unspecified atom stereocenters. The molecule has 142 valence electrons. The summed E-state index contributed by atoms with van der Waals surface area (Å²) in [6, 6.07) is 15.4. The van der Waals surface area contributed by atoms with E-state index in [1.54, 1.807) is 18.6 Å². The van der Waals surface area contributed by atoms with Crippen LogP contribution in [0.1, 0.15) is 17.2 Å². The summed E-state index contributed by atoms with van der Waals surface area (Å²) in [5, 5.41) is 2.94. The molecule has 0 bridgehead atoms. The predicted octanol–water partition coefficient (Wildman–Crippen LogP) is 2.95. The van der Waals surface area contributed by atoms with Crippen LogP contribution in [0.25, 0.3) is 11.3 Å². The van der Waals surface area contributed by atoms with Crippen LogP contribution in [-0.4, -0.2) is 35.6 Å². The third kappa shape index (κ3) is 3.87. The van der Waals surface area contributed by atoms with Crippen molar-refractivity contribution in [2.45, 2.75) is 18.6 Å². The highest BCUT2D eigenvalue weighted by molar-refractivity contribution is 5.82. The quantitative estimate of drug-likeness (QED) is 0.717. The lowest BCUT2D eigenvalue weighted by Crippen LogP contribution is -2.37. The minimum Gasteiger partial charge on any atom is -0.488 e. The van der Waals surface area contributed by atoms with Crippen LogP contribution < -0.4 is 10.1 Å². The van der Waals surface area contributed by atoms with E-state index in [-0.39, 0.29) is 12.0 Å². The number of benzene rings is 2. The first-order chi connectivity index (χ1) is 13.7. The average Bonchev–Trinajstić information content (AvgIpc) is 3.16. The van der Waals surface area contributed by atoms with Crippen molar-refractivity contribution in [3.05, 3.63) is 78.2 Å². The molecule has 1 aliphatic heterocycles. The lowest BCUT2D eigenvalue weighted by molar-refractivity contribution is -0.131. The van der Waals surface area contributed by atoms with E-state index in [9.17, 15) is 4.79 Å². The Balaban J connectivity index is 1.38. The number of methoxy groups -OCH3 is 1. The molecule has 0 saturated carbocycles. The Kier molecular flexibility index (Phi) is 5.30. The van der Waals surface area contributed by atoms with Gasteiger partial charge in [0.2, 0.25) is 0 Å². The number of hydrogen-bond donors (Lipinski definition) is 1. The first kappa shape index (κ1) is 18.1. The molecular formula is C22H21N3O3. The molecule has 4 rings (SSSR count). The molecule has 0 saturated heterocycles. The molecule has 1 aliphatic rings. The molecule has 0 spiro atoms. The fourth-order valence-corrected chi connectivity index (χ4v) is 3.37. The van der Waals surface area contributed by atoms with Gasteiger partial charge in [-0.1, -0.05) is 30.3 Å². The van der Waals surface area contributed by atoms with E-state index in [1.807, 2.05) is 42.5 Å². The number of ether oxygens (including phenoxy) is 2. The van der Waals surface area contributed by atoms with Gasteiger partial charge in [0.05, 0.1) is 18.4 Å². The van der Waals surface area contributed by atoms with Crippen molar-refractivity contribution in [3.8, 4) is 17.0 Å². The Hall–Kier alpha value is -3.25. The molecule has 28 heavy (non-hydrogen) atoms. The Morgan fingerprint density at radius 3 is 2.86 bits per heavy atom. The number of carbonyl (C=O) groups excluding carboxylic acids is 1. The van der Waals surface area contributed by atoms with Gasteiger partial charge < -0.3 is 14.8 Å². The maximum absolute atomic E-state index is 12.5. The van der Waals surface area contributed by atoms with Gasteiger partial charge in [-0.3, -0.25) is 14.8 Å². The SMILES string of the molecule is CO[C@@H](C(=O)NC[C@H]1Cc2cc(-c3cnccn3)ccc2O1)c1ccccc1. The van der Waals surface area contributed by atoms with Gasteiger partial charge in [-0.05, 0) is 29.3 Å². The van der Waals surface area contributed by atoms with Gasteiger partial charge in [0.25, 0.3) is 5.91 Å². The number of aromatic nitrogens is 2. The molecule has 1 amide bonds. The topological polar surface area (TPSA) is 73.3 Å². The van der Waals surface area contributed by atoms with Crippen LogP contribution in [0.3, 0.4) is 0 Å². The van der Waals surface area contributed by atoms with Crippen molar-refractivity contribution in [3.63, 3.8) is 0 Å². The van der Waals surface area contributed by atoms with Gasteiger partial charge in [-0.2, -0.15) is 0 Å². The second-order valence-corrected chi connectivity index (χ2v) is 6.63. The van der Waals surface area contributed by atoms with Gasteiger partial charge in [0.15, 0.2) is 6.10 Å². The Morgan fingerprint density at radius 2 is 2.11 bits per heavy atom. The molecule has 0 aliphatic carbocycles. The standard InChI is InChI=1S/C22H21N3O3/c1-27-21(15-5-3-2-4-6-15)22(26)25-13-18-12-17-11-16(7-8-20(17)28-18)19-14-23-9-10-24-19/h2-11,14,18,21H,12-13H2,1H3,(H,25,26)/t18-,21-/m1/s1. The number of carbonyl (C=O) groups is 1. The smallest absolute Gasteiger partial charge is 0.253 e. The van der Waals surface area contributed by atoms with E-state index in [4.69, 9.17) is 9.47 Å². The van der Waals surface area contributed by atoms with E-state index in [1.165, 1.54) is 7.11 Å². The monoisotopic (exact) mass is 375 g/mol. The Labute approximate surface area is 163 Å². The van der Waals surface area contributed by atoms with Crippen LogP contribution in [0.5, 0.6) is 5.75 Å². The van der Waals surface area contributed by atoms with Crippen LogP contribution in [0.4, 0.5) is 0 Å². The van der Waals surface area contributed by atoms with Crippen LogP contribution in [-0.2, 0) is 16.0 Å². The number of nitrogens with zero attached hydrogens (tertiary/aromatic N) is 2. The number of rotatable bonds is 6. The summed E-state index contributed by atoms with van der Waals surface area (Å²) in [5.74, 6) is 0.673. The minimum absolute atomic E-state index is 0.107. The van der Waals surface area contributed by atoms with Crippen molar-refractivity contribution in [1.82, 2.24) is 15.3 Å². The lowest BCUT2D eigenvalue weighted by Gasteiger charge is -2.17. The third-order valence-corrected chi connectivity index (χ3v) is 4.74. The summed E-state index contributed by atoms with van der Waals surface area (Å²) in [4.78, 5) is 21.0. The lowest BCUT2D eigenvalue weighted by atomic mass is 10.0.